The number of hydrogen-bond donors (Lipinski definition) is 2. The van der Waals surface area contributed by atoms with Gasteiger partial charge in [-0.3, -0.25) is 4.79 Å². The molecule has 1 aromatic carbocycles. The first kappa shape index (κ1) is 22.0. The summed E-state index contributed by atoms with van der Waals surface area (Å²) in [5, 5.41) is 10.3. The smallest absolute Gasteiger partial charge is 0.241 e. The topological polar surface area (TPSA) is 106 Å². The third-order valence-corrected chi connectivity index (χ3v) is 6.07. The van der Waals surface area contributed by atoms with E-state index in [1.54, 1.807) is 30.9 Å². The second kappa shape index (κ2) is 9.79. The van der Waals surface area contributed by atoms with Crippen molar-refractivity contribution in [3.8, 4) is 0 Å². The van der Waals surface area contributed by atoms with Crippen LogP contribution in [0.25, 0.3) is 0 Å². The van der Waals surface area contributed by atoms with Crippen LogP contribution in [-0.2, 0) is 21.4 Å². The number of nitrogens with zero attached hydrogens (tertiary/aromatic N) is 3. The maximum atomic E-state index is 12.7. The van der Waals surface area contributed by atoms with Gasteiger partial charge in [0.2, 0.25) is 15.9 Å². The average Bonchev–Trinajstić information content (AvgIpc) is 3.14. The van der Waals surface area contributed by atoms with Gasteiger partial charge in [0.05, 0.1) is 4.90 Å². The van der Waals surface area contributed by atoms with Gasteiger partial charge in [-0.2, -0.15) is 4.72 Å². The molecular weight excluding hydrogens is 378 g/mol. The quantitative estimate of drug-likeness (QED) is 0.584. The second-order valence-corrected chi connectivity index (χ2v) is 9.00. The Balaban J connectivity index is 1.91. The van der Waals surface area contributed by atoms with Crippen molar-refractivity contribution in [3.05, 3.63) is 42.0 Å². The van der Waals surface area contributed by atoms with Crippen molar-refractivity contribution in [2.45, 2.75) is 58.0 Å². The van der Waals surface area contributed by atoms with Gasteiger partial charge in [-0.15, -0.1) is 10.2 Å². The maximum absolute atomic E-state index is 12.7. The summed E-state index contributed by atoms with van der Waals surface area (Å²) in [5.41, 5.74) is 1.91. The molecule has 0 bridgehead atoms. The van der Waals surface area contributed by atoms with Crippen molar-refractivity contribution in [1.82, 2.24) is 24.8 Å². The molecule has 28 heavy (non-hydrogen) atoms. The van der Waals surface area contributed by atoms with Gasteiger partial charge >= 0.3 is 0 Å². The lowest BCUT2D eigenvalue weighted by molar-refractivity contribution is -0.123. The van der Waals surface area contributed by atoms with E-state index >= 15 is 0 Å². The fourth-order valence-corrected chi connectivity index (χ4v) is 4.12. The van der Waals surface area contributed by atoms with E-state index in [4.69, 9.17) is 0 Å². The molecule has 9 heteroatoms. The van der Waals surface area contributed by atoms with Gasteiger partial charge in [0.1, 0.15) is 18.7 Å². The Morgan fingerprint density at radius 2 is 1.79 bits per heavy atom. The second-order valence-electron chi connectivity index (χ2n) is 7.29. The molecule has 0 saturated heterocycles. The summed E-state index contributed by atoms with van der Waals surface area (Å²) >= 11 is 0. The van der Waals surface area contributed by atoms with E-state index in [-0.39, 0.29) is 16.7 Å². The highest BCUT2D eigenvalue weighted by Gasteiger charge is 2.28. The van der Waals surface area contributed by atoms with E-state index in [0.717, 1.165) is 30.5 Å². The van der Waals surface area contributed by atoms with Crippen LogP contribution in [0.15, 0.2) is 35.7 Å². The van der Waals surface area contributed by atoms with Gasteiger partial charge in [-0.05, 0) is 55.9 Å². The number of amides is 1. The lowest BCUT2D eigenvalue weighted by atomic mass is 10.1. The zero-order valence-corrected chi connectivity index (χ0v) is 17.7. The zero-order valence-electron chi connectivity index (χ0n) is 16.8. The molecule has 0 radical (unpaired) electrons. The first-order chi connectivity index (χ1) is 13.2. The number of benzene rings is 1. The highest BCUT2D eigenvalue weighted by Crippen LogP contribution is 2.16. The van der Waals surface area contributed by atoms with E-state index in [0.29, 0.717) is 6.54 Å². The summed E-state index contributed by atoms with van der Waals surface area (Å²) in [6.45, 7) is 8.68. The molecule has 2 rings (SSSR count). The van der Waals surface area contributed by atoms with E-state index in [1.807, 2.05) is 32.3 Å². The van der Waals surface area contributed by atoms with E-state index in [2.05, 4.69) is 20.2 Å². The van der Waals surface area contributed by atoms with Crippen LogP contribution in [0.3, 0.4) is 0 Å². The number of unbranched alkanes of at least 4 members (excludes halogenated alkanes) is 1. The number of aryl methyl sites for hydroxylation is 3. The molecule has 1 amide bonds. The van der Waals surface area contributed by atoms with Crippen LogP contribution in [0.4, 0.5) is 0 Å². The summed E-state index contributed by atoms with van der Waals surface area (Å²) in [4.78, 5) is 12.7. The summed E-state index contributed by atoms with van der Waals surface area (Å²) in [7, 11) is -3.78. The molecule has 8 nitrogen and oxygen atoms in total. The minimum Gasteiger partial charge on any atom is -0.355 e. The first-order valence-electron chi connectivity index (χ1n) is 9.40. The van der Waals surface area contributed by atoms with Crippen LogP contribution >= 0.6 is 0 Å². The van der Waals surface area contributed by atoms with Crippen LogP contribution in [0.1, 0.15) is 37.8 Å². The molecule has 0 aliphatic rings. The first-order valence-corrected chi connectivity index (χ1v) is 10.9. The van der Waals surface area contributed by atoms with Crippen molar-refractivity contribution >= 4 is 15.9 Å². The van der Waals surface area contributed by atoms with Crippen molar-refractivity contribution in [3.63, 3.8) is 0 Å². The summed E-state index contributed by atoms with van der Waals surface area (Å²) in [6, 6.07) is 4.12. The number of rotatable bonds is 10. The predicted molar refractivity (Wildman–Crippen MR) is 107 cm³/mol. The molecule has 1 atom stereocenters. The molecule has 0 saturated carbocycles. The Kier molecular flexibility index (Phi) is 7.70. The SMILES string of the molecule is Cc1ccc(S(=O)(=O)NC(C(=O)NCCCCn2cnnc2)C(C)C)cc1C. The van der Waals surface area contributed by atoms with Gasteiger partial charge in [0.25, 0.3) is 0 Å². The Morgan fingerprint density at radius 1 is 1.11 bits per heavy atom. The van der Waals surface area contributed by atoms with Crippen molar-refractivity contribution in [2.24, 2.45) is 5.92 Å². The monoisotopic (exact) mass is 407 g/mol. The third kappa shape index (κ3) is 6.13. The van der Waals surface area contributed by atoms with Crippen LogP contribution in [0.2, 0.25) is 0 Å². The fourth-order valence-electron chi connectivity index (χ4n) is 2.69. The van der Waals surface area contributed by atoms with Crippen molar-refractivity contribution < 1.29 is 13.2 Å². The summed E-state index contributed by atoms with van der Waals surface area (Å²) in [6.07, 6.45) is 4.93. The van der Waals surface area contributed by atoms with Crippen LogP contribution in [0, 0.1) is 19.8 Å². The highest BCUT2D eigenvalue weighted by atomic mass is 32.2. The molecule has 0 aliphatic carbocycles. The predicted octanol–water partition coefficient (Wildman–Crippen LogP) is 1.79. The molecule has 0 spiro atoms. The third-order valence-electron chi connectivity index (χ3n) is 4.63. The van der Waals surface area contributed by atoms with E-state index in [1.165, 1.54) is 0 Å². The molecule has 1 unspecified atom stereocenters. The normalized spacial score (nSPS) is 12.9. The molecule has 1 heterocycles. The standard InChI is InChI=1S/C19H29N5O3S/c1-14(2)18(19(25)20-9-5-6-10-24-12-21-22-13-24)23-28(26,27)17-8-7-15(3)16(4)11-17/h7-8,11-14,18,23H,5-6,9-10H2,1-4H3,(H,20,25). The number of carbonyl (C=O) groups excluding carboxylic acids is 1. The lowest BCUT2D eigenvalue weighted by Gasteiger charge is -2.22. The van der Waals surface area contributed by atoms with Crippen LogP contribution in [-0.4, -0.2) is 41.7 Å². The zero-order chi connectivity index (χ0) is 20.7. The molecule has 1 aromatic heterocycles. The highest BCUT2D eigenvalue weighted by molar-refractivity contribution is 7.89. The Hall–Kier alpha value is -2.26. The van der Waals surface area contributed by atoms with Gasteiger partial charge in [-0.1, -0.05) is 19.9 Å². The summed E-state index contributed by atoms with van der Waals surface area (Å²) in [5.74, 6) is -0.495. The average molecular weight is 408 g/mol. The largest absolute Gasteiger partial charge is 0.355 e. The van der Waals surface area contributed by atoms with Gasteiger partial charge in [0, 0.05) is 13.1 Å². The molecule has 0 fully saturated rings. The molecule has 2 N–H and O–H groups in total. The van der Waals surface area contributed by atoms with Gasteiger partial charge in [0.15, 0.2) is 0 Å². The number of hydrogen-bond acceptors (Lipinski definition) is 5. The lowest BCUT2D eigenvalue weighted by Crippen LogP contribution is -2.49. The number of aromatic nitrogens is 3. The van der Waals surface area contributed by atoms with Crippen molar-refractivity contribution in [2.75, 3.05) is 6.54 Å². The van der Waals surface area contributed by atoms with Crippen LogP contribution < -0.4 is 10.0 Å². The molecule has 0 aliphatic heterocycles. The summed E-state index contributed by atoms with van der Waals surface area (Å²) < 4.78 is 29.9. The Morgan fingerprint density at radius 3 is 2.39 bits per heavy atom. The van der Waals surface area contributed by atoms with Gasteiger partial charge < -0.3 is 9.88 Å². The minimum absolute atomic E-state index is 0.169. The number of nitrogens with one attached hydrogen (secondary N) is 2. The maximum Gasteiger partial charge on any atom is 0.241 e. The van der Waals surface area contributed by atoms with Gasteiger partial charge in [-0.25, -0.2) is 8.42 Å². The van der Waals surface area contributed by atoms with E-state index in [9.17, 15) is 13.2 Å². The molecule has 154 valence electrons. The molecule has 2 aromatic rings. The fraction of sp³-hybridized carbons (Fsp3) is 0.526. The number of carbonyl (C=O) groups is 1. The van der Waals surface area contributed by atoms with Crippen molar-refractivity contribution in [1.29, 1.82) is 0 Å². The Labute approximate surface area is 166 Å². The Bertz CT molecular complexity index is 879. The minimum atomic E-state index is -3.78. The number of sulfonamides is 1. The molecular formula is C19H29N5O3S. The van der Waals surface area contributed by atoms with E-state index < -0.39 is 16.1 Å². The van der Waals surface area contributed by atoms with Crippen LogP contribution in [0.5, 0.6) is 0 Å².